The van der Waals surface area contributed by atoms with Crippen molar-refractivity contribution >= 4 is 5.97 Å². The van der Waals surface area contributed by atoms with Gasteiger partial charge < -0.3 is 9.47 Å². The van der Waals surface area contributed by atoms with E-state index in [1.54, 1.807) is 0 Å². The summed E-state index contributed by atoms with van der Waals surface area (Å²) >= 11 is 0. The molecule has 3 nitrogen and oxygen atoms in total. The quantitative estimate of drug-likeness (QED) is 0.476. The molecule has 0 aliphatic heterocycles. The lowest BCUT2D eigenvalue weighted by molar-refractivity contribution is -0.179. The number of hydrogen-bond donors (Lipinski definition) is 0. The molecular weight excluding hydrogens is 194 g/mol. The highest BCUT2D eigenvalue weighted by molar-refractivity contribution is 5.77. The van der Waals surface area contributed by atoms with Gasteiger partial charge in [0.15, 0.2) is 0 Å². The minimum absolute atomic E-state index is 0.0522. The van der Waals surface area contributed by atoms with Crippen molar-refractivity contribution in [1.82, 2.24) is 0 Å². The third-order valence-corrected chi connectivity index (χ3v) is 1.50. The molecule has 0 aromatic rings. The highest BCUT2D eigenvalue weighted by Gasteiger charge is 2.40. The Balaban J connectivity index is 3.76. The van der Waals surface area contributed by atoms with Gasteiger partial charge >= 0.3 is 11.9 Å². The van der Waals surface area contributed by atoms with E-state index in [-0.39, 0.29) is 13.2 Å². The highest BCUT2D eigenvalue weighted by atomic mass is 19.3. The Morgan fingerprint density at radius 3 is 2.50 bits per heavy atom. The fourth-order valence-corrected chi connectivity index (χ4v) is 0.742. The maximum Gasteiger partial charge on any atom is 0.379 e. The van der Waals surface area contributed by atoms with Crippen LogP contribution in [-0.4, -0.2) is 31.7 Å². The second-order valence-electron chi connectivity index (χ2n) is 2.83. The van der Waals surface area contributed by atoms with E-state index in [4.69, 9.17) is 0 Å². The summed E-state index contributed by atoms with van der Waals surface area (Å²) in [5, 5.41) is 0. The molecule has 0 aliphatic carbocycles. The SMILES string of the molecule is CCCCOCC(F)(F)C(=O)OCC. The molecule has 0 rings (SSSR count). The summed E-state index contributed by atoms with van der Waals surface area (Å²) in [7, 11) is 0. The third-order valence-electron chi connectivity index (χ3n) is 1.50. The molecule has 0 unspecified atom stereocenters. The molecule has 0 amide bonds. The van der Waals surface area contributed by atoms with Gasteiger partial charge in [0.1, 0.15) is 6.61 Å². The van der Waals surface area contributed by atoms with Gasteiger partial charge in [-0.3, -0.25) is 0 Å². The van der Waals surface area contributed by atoms with Crippen molar-refractivity contribution in [2.24, 2.45) is 0 Å². The summed E-state index contributed by atoms with van der Waals surface area (Å²) in [6.07, 6.45) is 1.57. The summed E-state index contributed by atoms with van der Waals surface area (Å²) in [5.74, 6) is -5.04. The van der Waals surface area contributed by atoms with E-state index < -0.39 is 18.5 Å². The predicted octanol–water partition coefficient (Wildman–Crippen LogP) is 2.00. The standard InChI is InChI=1S/C9H16F2O3/c1-3-5-6-13-7-9(10,11)8(12)14-4-2/h3-7H2,1-2H3. The first-order chi connectivity index (χ1) is 6.54. The molecular formula is C9H16F2O3. The monoisotopic (exact) mass is 210 g/mol. The van der Waals surface area contributed by atoms with Crippen molar-refractivity contribution in [2.75, 3.05) is 19.8 Å². The number of rotatable bonds is 7. The van der Waals surface area contributed by atoms with Crippen LogP contribution in [0.15, 0.2) is 0 Å². The Bertz CT molecular complexity index is 171. The van der Waals surface area contributed by atoms with Crippen LogP contribution in [-0.2, 0) is 14.3 Å². The van der Waals surface area contributed by atoms with Crippen LogP contribution in [0.25, 0.3) is 0 Å². The first kappa shape index (κ1) is 13.3. The van der Waals surface area contributed by atoms with Crippen molar-refractivity contribution < 1.29 is 23.0 Å². The number of unbranched alkanes of at least 4 members (excludes halogenated alkanes) is 1. The Morgan fingerprint density at radius 2 is 2.00 bits per heavy atom. The maximum atomic E-state index is 12.8. The van der Waals surface area contributed by atoms with Gasteiger partial charge in [0, 0.05) is 6.61 Å². The third kappa shape index (κ3) is 5.11. The van der Waals surface area contributed by atoms with E-state index in [0.29, 0.717) is 6.42 Å². The maximum absolute atomic E-state index is 12.8. The van der Waals surface area contributed by atoms with Gasteiger partial charge in [-0.05, 0) is 13.3 Å². The van der Waals surface area contributed by atoms with Gasteiger partial charge in [-0.2, -0.15) is 8.78 Å². The topological polar surface area (TPSA) is 35.5 Å². The summed E-state index contributed by atoms with van der Waals surface area (Å²) < 4.78 is 34.5. The molecule has 84 valence electrons. The molecule has 0 fully saturated rings. The smallest absolute Gasteiger partial charge is 0.379 e. The van der Waals surface area contributed by atoms with E-state index >= 15 is 0 Å². The van der Waals surface area contributed by atoms with Crippen molar-refractivity contribution in [3.8, 4) is 0 Å². The minimum atomic E-state index is -3.52. The van der Waals surface area contributed by atoms with Crippen molar-refractivity contribution in [3.05, 3.63) is 0 Å². The largest absolute Gasteiger partial charge is 0.461 e. The summed E-state index contributed by atoms with van der Waals surface area (Å²) in [6, 6.07) is 0. The minimum Gasteiger partial charge on any atom is -0.461 e. The second kappa shape index (κ2) is 6.70. The van der Waals surface area contributed by atoms with Crippen LogP contribution in [0.1, 0.15) is 26.7 Å². The van der Waals surface area contributed by atoms with E-state index in [9.17, 15) is 13.6 Å². The van der Waals surface area contributed by atoms with Gasteiger partial charge in [0.2, 0.25) is 0 Å². The van der Waals surface area contributed by atoms with Gasteiger partial charge in [-0.15, -0.1) is 0 Å². The van der Waals surface area contributed by atoms with Gasteiger partial charge in [0.05, 0.1) is 6.61 Å². The Labute approximate surface area is 82.4 Å². The summed E-state index contributed by atoms with van der Waals surface area (Å²) in [6.45, 7) is 2.69. The van der Waals surface area contributed by atoms with Gasteiger partial charge in [0.25, 0.3) is 0 Å². The predicted molar refractivity (Wildman–Crippen MR) is 47.3 cm³/mol. The summed E-state index contributed by atoms with van der Waals surface area (Å²) in [5.41, 5.74) is 0. The molecule has 14 heavy (non-hydrogen) atoms. The van der Waals surface area contributed by atoms with Gasteiger partial charge in [-0.1, -0.05) is 13.3 Å². The molecule has 0 spiro atoms. The molecule has 0 N–H and O–H groups in total. The zero-order valence-electron chi connectivity index (χ0n) is 8.52. The zero-order chi connectivity index (χ0) is 11.0. The number of halogens is 2. The summed E-state index contributed by atoms with van der Waals surface area (Å²) in [4.78, 5) is 10.7. The van der Waals surface area contributed by atoms with Crippen LogP contribution in [0, 0.1) is 0 Å². The molecule has 0 saturated carbocycles. The fraction of sp³-hybridized carbons (Fsp3) is 0.889. The van der Waals surface area contributed by atoms with Crippen molar-refractivity contribution in [3.63, 3.8) is 0 Å². The van der Waals surface area contributed by atoms with Gasteiger partial charge in [-0.25, -0.2) is 4.79 Å². The van der Waals surface area contributed by atoms with Crippen LogP contribution < -0.4 is 0 Å². The molecule has 0 atom stereocenters. The molecule has 0 radical (unpaired) electrons. The Kier molecular flexibility index (Phi) is 6.36. The fourth-order valence-electron chi connectivity index (χ4n) is 0.742. The first-order valence-corrected chi connectivity index (χ1v) is 4.67. The van der Waals surface area contributed by atoms with Crippen LogP contribution in [0.4, 0.5) is 8.78 Å². The van der Waals surface area contributed by atoms with E-state index in [1.807, 2.05) is 6.92 Å². The molecule has 0 aromatic heterocycles. The zero-order valence-corrected chi connectivity index (χ0v) is 8.52. The van der Waals surface area contributed by atoms with Crippen LogP contribution in [0.5, 0.6) is 0 Å². The molecule has 0 bridgehead atoms. The van der Waals surface area contributed by atoms with Crippen LogP contribution in [0.3, 0.4) is 0 Å². The van der Waals surface area contributed by atoms with E-state index in [1.165, 1.54) is 6.92 Å². The lowest BCUT2D eigenvalue weighted by atomic mass is 10.3. The number of esters is 1. The highest BCUT2D eigenvalue weighted by Crippen LogP contribution is 2.16. The number of ether oxygens (including phenoxy) is 2. The molecule has 0 heterocycles. The number of carbonyl (C=O) groups is 1. The van der Waals surface area contributed by atoms with Crippen molar-refractivity contribution in [1.29, 1.82) is 0 Å². The van der Waals surface area contributed by atoms with E-state index in [2.05, 4.69) is 9.47 Å². The number of carbonyl (C=O) groups excluding carboxylic acids is 1. The van der Waals surface area contributed by atoms with Crippen molar-refractivity contribution in [2.45, 2.75) is 32.6 Å². The first-order valence-electron chi connectivity index (χ1n) is 4.67. The number of alkyl halides is 2. The molecule has 5 heteroatoms. The molecule has 0 saturated heterocycles. The normalized spacial score (nSPS) is 11.4. The average Bonchev–Trinajstić information content (AvgIpc) is 2.13. The molecule has 0 aromatic carbocycles. The molecule has 0 aliphatic rings. The Hall–Kier alpha value is -0.710. The Morgan fingerprint density at radius 1 is 1.36 bits per heavy atom. The lowest BCUT2D eigenvalue weighted by Crippen LogP contribution is -2.35. The van der Waals surface area contributed by atoms with Crippen LogP contribution >= 0.6 is 0 Å². The lowest BCUT2D eigenvalue weighted by Gasteiger charge is -2.14. The van der Waals surface area contributed by atoms with Crippen LogP contribution in [0.2, 0.25) is 0 Å². The van der Waals surface area contributed by atoms with E-state index in [0.717, 1.165) is 6.42 Å². The average molecular weight is 210 g/mol. The number of hydrogen-bond acceptors (Lipinski definition) is 3. The second-order valence-corrected chi connectivity index (χ2v) is 2.83.